The van der Waals surface area contributed by atoms with Crippen molar-refractivity contribution in [2.45, 2.75) is 70.8 Å². The summed E-state index contributed by atoms with van der Waals surface area (Å²) in [6.07, 6.45) is 10.7. The second-order valence-electron chi connectivity index (χ2n) is 7.17. The summed E-state index contributed by atoms with van der Waals surface area (Å²) in [5.74, 6) is 1.68. The molecule has 0 spiro atoms. The first-order valence-corrected chi connectivity index (χ1v) is 9.30. The van der Waals surface area contributed by atoms with Gasteiger partial charge in [-0.15, -0.1) is 12.4 Å². The van der Waals surface area contributed by atoms with Crippen LogP contribution in [0, 0.1) is 11.8 Å². The minimum Gasteiger partial charge on any atom is -0.378 e. The minimum atomic E-state index is 0. The summed E-state index contributed by atoms with van der Waals surface area (Å²) >= 11 is 0. The lowest BCUT2D eigenvalue weighted by atomic mass is 9.79. The van der Waals surface area contributed by atoms with E-state index < -0.39 is 0 Å². The Morgan fingerprint density at radius 3 is 2.43 bits per heavy atom. The number of halogens is 1. The van der Waals surface area contributed by atoms with Crippen LogP contribution in [0.2, 0.25) is 0 Å². The second-order valence-corrected chi connectivity index (χ2v) is 7.17. The van der Waals surface area contributed by atoms with Gasteiger partial charge in [-0.25, -0.2) is 0 Å². The monoisotopic (exact) mass is 346 g/mol. The highest BCUT2D eigenvalue weighted by Gasteiger charge is 2.27. The van der Waals surface area contributed by atoms with Crippen LogP contribution in [0.25, 0.3) is 0 Å². The molecular formula is C18H35ClN2O2. The van der Waals surface area contributed by atoms with Crippen molar-refractivity contribution >= 4 is 18.3 Å². The van der Waals surface area contributed by atoms with Crippen LogP contribution in [0.3, 0.4) is 0 Å². The summed E-state index contributed by atoms with van der Waals surface area (Å²) in [6, 6.07) is 0. The van der Waals surface area contributed by atoms with Crippen LogP contribution in [0.5, 0.6) is 0 Å². The van der Waals surface area contributed by atoms with E-state index in [2.05, 4.69) is 11.8 Å². The first-order chi connectivity index (χ1) is 10.7. The Balaban J connectivity index is 0.00000264. The maximum Gasteiger partial charge on any atom is 0.222 e. The third-order valence-electron chi connectivity index (χ3n) is 5.45. The van der Waals surface area contributed by atoms with E-state index in [0.717, 1.165) is 51.3 Å². The fourth-order valence-corrected chi connectivity index (χ4v) is 3.88. The molecule has 1 atom stereocenters. The van der Waals surface area contributed by atoms with Gasteiger partial charge in [0.05, 0.1) is 6.10 Å². The van der Waals surface area contributed by atoms with Gasteiger partial charge in [-0.05, 0) is 37.6 Å². The molecule has 0 aromatic heterocycles. The second kappa shape index (κ2) is 11.3. The Morgan fingerprint density at radius 1 is 1.17 bits per heavy atom. The average Bonchev–Trinajstić information content (AvgIpc) is 2.56. The van der Waals surface area contributed by atoms with Crippen molar-refractivity contribution < 1.29 is 9.53 Å². The molecule has 1 unspecified atom stereocenters. The minimum absolute atomic E-state index is 0. The first kappa shape index (κ1) is 20.7. The SMILES string of the molecule is CC(CC(=O)N1CCC(OCCCN)CC1)C1CCCCC1.Cl. The van der Waals surface area contributed by atoms with Crippen LogP contribution >= 0.6 is 12.4 Å². The molecule has 0 aromatic carbocycles. The number of carbonyl (C=O) groups excluding carboxylic acids is 1. The Bertz CT molecular complexity index is 327. The van der Waals surface area contributed by atoms with Gasteiger partial charge in [-0.3, -0.25) is 4.79 Å². The Hall–Kier alpha value is -0.320. The molecule has 4 nitrogen and oxygen atoms in total. The molecule has 136 valence electrons. The molecule has 0 bridgehead atoms. The van der Waals surface area contributed by atoms with E-state index in [1.807, 2.05) is 0 Å². The summed E-state index contributed by atoms with van der Waals surface area (Å²) in [5, 5.41) is 0. The topological polar surface area (TPSA) is 55.6 Å². The molecule has 5 heteroatoms. The number of amides is 1. The number of nitrogens with zero attached hydrogens (tertiary/aromatic N) is 1. The molecule has 1 heterocycles. The van der Waals surface area contributed by atoms with Crippen molar-refractivity contribution in [3.8, 4) is 0 Å². The third-order valence-corrected chi connectivity index (χ3v) is 5.45. The van der Waals surface area contributed by atoms with Crippen LogP contribution in [0.1, 0.15) is 64.7 Å². The maximum absolute atomic E-state index is 12.5. The molecule has 0 aromatic rings. The zero-order valence-electron chi connectivity index (χ0n) is 14.7. The molecule has 2 aliphatic rings. The summed E-state index contributed by atoms with van der Waals surface area (Å²) in [5.41, 5.74) is 5.48. The predicted octanol–water partition coefficient (Wildman–Crippen LogP) is 3.37. The zero-order valence-corrected chi connectivity index (χ0v) is 15.5. The highest BCUT2D eigenvalue weighted by atomic mass is 35.5. The van der Waals surface area contributed by atoms with Crippen molar-refractivity contribution in [3.05, 3.63) is 0 Å². The van der Waals surface area contributed by atoms with E-state index in [4.69, 9.17) is 10.5 Å². The molecule has 2 rings (SSSR count). The highest BCUT2D eigenvalue weighted by Crippen LogP contribution is 2.32. The third kappa shape index (κ3) is 6.98. The molecule has 1 saturated heterocycles. The van der Waals surface area contributed by atoms with Gasteiger partial charge >= 0.3 is 0 Å². The number of nitrogens with two attached hydrogens (primary N) is 1. The lowest BCUT2D eigenvalue weighted by Crippen LogP contribution is -2.41. The van der Waals surface area contributed by atoms with Gasteiger partial charge in [-0.1, -0.05) is 39.0 Å². The van der Waals surface area contributed by atoms with Crippen molar-refractivity contribution in [3.63, 3.8) is 0 Å². The summed E-state index contributed by atoms with van der Waals surface area (Å²) < 4.78 is 5.81. The standard InChI is InChI=1S/C18H34N2O2.ClH/c1-15(16-6-3-2-4-7-16)14-18(21)20-11-8-17(9-12-20)22-13-5-10-19;/h15-17H,2-14,19H2,1H3;1H. The molecule has 0 radical (unpaired) electrons. The molecule has 23 heavy (non-hydrogen) atoms. The van der Waals surface area contributed by atoms with Crippen LogP contribution in [-0.4, -0.2) is 43.2 Å². The number of piperidine rings is 1. The smallest absolute Gasteiger partial charge is 0.222 e. The number of carbonyl (C=O) groups is 1. The predicted molar refractivity (Wildman–Crippen MR) is 96.8 cm³/mol. The van der Waals surface area contributed by atoms with Crippen LogP contribution in [0.4, 0.5) is 0 Å². The van der Waals surface area contributed by atoms with Crippen LogP contribution in [0.15, 0.2) is 0 Å². The number of likely N-dealkylation sites (tertiary alicyclic amines) is 1. The highest BCUT2D eigenvalue weighted by molar-refractivity contribution is 5.85. The number of hydrogen-bond acceptors (Lipinski definition) is 3. The van der Waals surface area contributed by atoms with Crippen molar-refractivity contribution in [1.29, 1.82) is 0 Å². The maximum atomic E-state index is 12.5. The van der Waals surface area contributed by atoms with Gasteiger partial charge in [0.25, 0.3) is 0 Å². The van der Waals surface area contributed by atoms with Gasteiger partial charge in [0, 0.05) is 26.1 Å². The average molecular weight is 347 g/mol. The van der Waals surface area contributed by atoms with Crippen molar-refractivity contribution in [2.75, 3.05) is 26.2 Å². The van der Waals surface area contributed by atoms with Gasteiger partial charge < -0.3 is 15.4 Å². The molecule has 2 fully saturated rings. The summed E-state index contributed by atoms with van der Waals surface area (Å²) in [7, 11) is 0. The Kier molecular flexibility index (Phi) is 10.2. The molecule has 1 amide bonds. The van der Waals surface area contributed by atoms with Gasteiger partial charge in [0.15, 0.2) is 0 Å². The van der Waals surface area contributed by atoms with E-state index in [1.54, 1.807) is 0 Å². The van der Waals surface area contributed by atoms with Gasteiger partial charge in [0.2, 0.25) is 5.91 Å². The van der Waals surface area contributed by atoms with E-state index >= 15 is 0 Å². The summed E-state index contributed by atoms with van der Waals surface area (Å²) in [4.78, 5) is 14.5. The van der Waals surface area contributed by atoms with Gasteiger partial charge in [0.1, 0.15) is 0 Å². The van der Waals surface area contributed by atoms with E-state index in [-0.39, 0.29) is 12.4 Å². The number of hydrogen-bond donors (Lipinski definition) is 1. The molecular weight excluding hydrogens is 312 g/mol. The lowest BCUT2D eigenvalue weighted by Gasteiger charge is -2.34. The van der Waals surface area contributed by atoms with E-state index in [0.29, 0.717) is 24.5 Å². The quantitative estimate of drug-likeness (QED) is 0.719. The molecule has 2 N–H and O–H groups in total. The van der Waals surface area contributed by atoms with Crippen molar-refractivity contribution in [2.24, 2.45) is 17.6 Å². The fourth-order valence-electron chi connectivity index (χ4n) is 3.88. The number of ether oxygens (including phenoxy) is 1. The fraction of sp³-hybridized carbons (Fsp3) is 0.944. The molecule has 1 aliphatic heterocycles. The largest absolute Gasteiger partial charge is 0.378 e. The lowest BCUT2D eigenvalue weighted by molar-refractivity contribution is -0.135. The first-order valence-electron chi connectivity index (χ1n) is 9.30. The normalized spacial score (nSPS) is 21.7. The van der Waals surface area contributed by atoms with Crippen molar-refractivity contribution in [1.82, 2.24) is 4.90 Å². The number of rotatable bonds is 7. The van der Waals surface area contributed by atoms with E-state index in [1.165, 1.54) is 32.1 Å². The van der Waals surface area contributed by atoms with E-state index in [9.17, 15) is 4.79 Å². The van der Waals surface area contributed by atoms with Crippen LogP contribution in [-0.2, 0) is 9.53 Å². The van der Waals surface area contributed by atoms with Gasteiger partial charge in [-0.2, -0.15) is 0 Å². The zero-order chi connectivity index (χ0) is 15.8. The Labute approximate surface area is 147 Å². The molecule has 1 aliphatic carbocycles. The molecule has 1 saturated carbocycles. The summed E-state index contributed by atoms with van der Waals surface area (Å²) in [6.45, 7) is 5.45. The Morgan fingerprint density at radius 2 is 1.83 bits per heavy atom. The van der Waals surface area contributed by atoms with Crippen LogP contribution < -0.4 is 5.73 Å².